The third-order valence-electron chi connectivity index (χ3n) is 3.45. The summed E-state index contributed by atoms with van der Waals surface area (Å²) >= 11 is 0. The van der Waals surface area contributed by atoms with Crippen LogP contribution in [0.15, 0.2) is 35.6 Å². The van der Waals surface area contributed by atoms with Gasteiger partial charge < -0.3 is 4.90 Å². The molecule has 0 N–H and O–H groups in total. The molecule has 0 aromatic heterocycles. The van der Waals surface area contributed by atoms with E-state index in [1.807, 2.05) is 0 Å². The van der Waals surface area contributed by atoms with Crippen molar-refractivity contribution >= 4 is 0 Å². The Bertz CT molecular complexity index is 302. The zero-order valence-corrected chi connectivity index (χ0v) is 12.4. The minimum absolute atomic E-state index is 1.08. The Balaban J connectivity index is 2.67. The van der Waals surface area contributed by atoms with Crippen LogP contribution in [0.4, 0.5) is 0 Å². The molecule has 18 heavy (non-hydrogen) atoms. The molecule has 0 saturated carbocycles. The fourth-order valence-electron chi connectivity index (χ4n) is 2.20. The molecule has 0 unspecified atom stereocenters. The van der Waals surface area contributed by atoms with Crippen molar-refractivity contribution in [1.82, 2.24) is 4.90 Å². The highest BCUT2D eigenvalue weighted by Crippen LogP contribution is 2.16. The van der Waals surface area contributed by atoms with Crippen LogP contribution in [0.1, 0.15) is 59.3 Å². The summed E-state index contributed by atoms with van der Waals surface area (Å²) in [6.07, 6.45) is 16.7. The molecule has 0 aromatic rings. The van der Waals surface area contributed by atoms with Gasteiger partial charge in [-0.2, -0.15) is 0 Å². The summed E-state index contributed by atoms with van der Waals surface area (Å²) in [5.41, 5.74) is 2.91. The summed E-state index contributed by atoms with van der Waals surface area (Å²) in [6.45, 7) is 9.17. The third-order valence-corrected chi connectivity index (χ3v) is 3.45. The van der Waals surface area contributed by atoms with Gasteiger partial charge in [-0.15, -0.1) is 0 Å². The molecule has 1 aliphatic carbocycles. The molecule has 0 saturated heterocycles. The second-order valence-corrected chi connectivity index (χ2v) is 5.22. The Morgan fingerprint density at radius 2 is 1.72 bits per heavy atom. The molecule has 0 aliphatic heterocycles. The van der Waals surface area contributed by atoms with Crippen LogP contribution in [0.25, 0.3) is 0 Å². The Morgan fingerprint density at radius 3 is 2.33 bits per heavy atom. The van der Waals surface area contributed by atoms with Crippen molar-refractivity contribution in [3.8, 4) is 0 Å². The highest BCUT2D eigenvalue weighted by molar-refractivity contribution is 5.23. The lowest BCUT2D eigenvalue weighted by Gasteiger charge is -2.26. The Hall–Kier alpha value is -0.980. The summed E-state index contributed by atoms with van der Waals surface area (Å²) < 4.78 is 0. The predicted octanol–water partition coefficient (Wildman–Crippen LogP) is 5.07. The molecule has 0 spiro atoms. The molecule has 0 fully saturated rings. The lowest BCUT2D eigenvalue weighted by Crippen LogP contribution is -2.24. The van der Waals surface area contributed by atoms with E-state index in [0.717, 1.165) is 12.8 Å². The lowest BCUT2D eigenvalue weighted by molar-refractivity contribution is 0.339. The van der Waals surface area contributed by atoms with E-state index >= 15 is 0 Å². The van der Waals surface area contributed by atoms with Gasteiger partial charge in [0.15, 0.2) is 0 Å². The average molecular weight is 247 g/mol. The molecular formula is C17H29N. The van der Waals surface area contributed by atoms with Crippen molar-refractivity contribution in [2.24, 2.45) is 0 Å². The zero-order valence-electron chi connectivity index (χ0n) is 12.4. The summed E-state index contributed by atoms with van der Waals surface area (Å²) in [5.74, 6) is 0. The van der Waals surface area contributed by atoms with E-state index in [2.05, 4.69) is 50.0 Å². The van der Waals surface area contributed by atoms with Crippen LogP contribution in [-0.4, -0.2) is 18.0 Å². The number of rotatable bonds is 7. The largest absolute Gasteiger partial charge is 0.372 e. The molecule has 0 aromatic carbocycles. The highest BCUT2D eigenvalue weighted by Gasteiger charge is 2.06. The Morgan fingerprint density at radius 1 is 1.06 bits per heavy atom. The first-order valence-corrected chi connectivity index (χ1v) is 7.55. The molecule has 0 amide bonds. The van der Waals surface area contributed by atoms with Crippen LogP contribution >= 0.6 is 0 Å². The molecule has 0 radical (unpaired) electrons. The van der Waals surface area contributed by atoms with Crippen LogP contribution in [-0.2, 0) is 0 Å². The van der Waals surface area contributed by atoms with Crippen molar-refractivity contribution in [3.05, 3.63) is 35.6 Å². The molecule has 0 heterocycles. The van der Waals surface area contributed by atoms with E-state index in [-0.39, 0.29) is 0 Å². The number of nitrogens with zero attached hydrogens (tertiary/aromatic N) is 1. The molecule has 1 heteroatoms. The first kappa shape index (κ1) is 15.1. The standard InChI is InChI=1S/C17H29N/c1-4-6-14-18(15-7-5-2)17-12-8-10-16(3)11-9-13-17/h8,11-13H,4-7,9-10,14-15H2,1-3H3/b12-8?,16-11+,17-13?. The van der Waals surface area contributed by atoms with E-state index in [1.165, 1.54) is 50.0 Å². The molecule has 0 bridgehead atoms. The van der Waals surface area contributed by atoms with Gasteiger partial charge in [-0.3, -0.25) is 0 Å². The van der Waals surface area contributed by atoms with Gasteiger partial charge in [-0.25, -0.2) is 0 Å². The summed E-state index contributed by atoms with van der Waals surface area (Å²) in [6, 6.07) is 0. The smallest absolute Gasteiger partial charge is 0.0325 e. The normalized spacial score (nSPS) is 18.6. The monoisotopic (exact) mass is 247 g/mol. The number of allylic oxidation sites excluding steroid dienone is 5. The minimum atomic E-state index is 1.08. The number of unbranched alkanes of at least 4 members (excludes halogenated alkanes) is 2. The molecule has 0 atom stereocenters. The number of hydrogen-bond acceptors (Lipinski definition) is 1. The minimum Gasteiger partial charge on any atom is -0.372 e. The summed E-state index contributed by atoms with van der Waals surface area (Å²) in [4.78, 5) is 2.57. The second kappa shape index (κ2) is 9.02. The first-order chi connectivity index (χ1) is 8.77. The molecular weight excluding hydrogens is 218 g/mol. The van der Waals surface area contributed by atoms with E-state index in [0.29, 0.717) is 0 Å². The zero-order chi connectivity index (χ0) is 13.2. The lowest BCUT2D eigenvalue weighted by atomic mass is 10.1. The highest BCUT2D eigenvalue weighted by atomic mass is 15.1. The van der Waals surface area contributed by atoms with E-state index in [9.17, 15) is 0 Å². The van der Waals surface area contributed by atoms with Crippen LogP contribution < -0.4 is 0 Å². The fourth-order valence-corrected chi connectivity index (χ4v) is 2.20. The van der Waals surface area contributed by atoms with Crippen LogP contribution in [0, 0.1) is 0 Å². The van der Waals surface area contributed by atoms with Crippen molar-refractivity contribution in [3.63, 3.8) is 0 Å². The molecule has 1 nitrogen and oxygen atoms in total. The quantitative estimate of drug-likeness (QED) is 0.568. The van der Waals surface area contributed by atoms with Crippen molar-refractivity contribution in [1.29, 1.82) is 0 Å². The van der Waals surface area contributed by atoms with Gasteiger partial charge in [0.25, 0.3) is 0 Å². The van der Waals surface area contributed by atoms with Gasteiger partial charge >= 0.3 is 0 Å². The van der Waals surface area contributed by atoms with Gasteiger partial charge in [0, 0.05) is 18.8 Å². The Labute approximate surface area is 113 Å². The van der Waals surface area contributed by atoms with Crippen LogP contribution in [0.2, 0.25) is 0 Å². The van der Waals surface area contributed by atoms with E-state index in [1.54, 1.807) is 0 Å². The SMILES string of the molecule is CCCCN(CCCC)C1=CC/C=C(\C)CC=C1. The summed E-state index contributed by atoms with van der Waals surface area (Å²) in [5, 5.41) is 0. The van der Waals surface area contributed by atoms with Crippen LogP contribution in [0.5, 0.6) is 0 Å². The van der Waals surface area contributed by atoms with Crippen molar-refractivity contribution < 1.29 is 0 Å². The van der Waals surface area contributed by atoms with E-state index < -0.39 is 0 Å². The topological polar surface area (TPSA) is 3.24 Å². The number of hydrogen-bond donors (Lipinski definition) is 0. The van der Waals surface area contributed by atoms with Crippen LogP contribution in [0.3, 0.4) is 0 Å². The third kappa shape index (κ3) is 5.57. The van der Waals surface area contributed by atoms with Crippen molar-refractivity contribution in [2.75, 3.05) is 13.1 Å². The Kier molecular flexibility index (Phi) is 7.55. The summed E-state index contributed by atoms with van der Waals surface area (Å²) in [7, 11) is 0. The maximum atomic E-state index is 2.57. The maximum absolute atomic E-state index is 2.57. The van der Waals surface area contributed by atoms with Gasteiger partial charge in [0.1, 0.15) is 0 Å². The molecule has 1 aliphatic rings. The van der Waals surface area contributed by atoms with Crippen molar-refractivity contribution in [2.45, 2.75) is 59.3 Å². The fraction of sp³-hybridized carbons (Fsp3) is 0.647. The predicted molar refractivity (Wildman–Crippen MR) is 81.6 cm³/mol. The first-order valence-electron chi connectivity index (χ1n) is 7.55. The molecule has 1 rings (SSSR count). The van der Waals surface area contributed by atoms with Gasteiger partial charge in [-0.1, -0.05) is 50.5 Å². The maximum Gasteiger partial charge on any atom is 0.0325 e. The average Bonchev–Trinajstić information content (AvgIpc) is 2.34. The van der Waals surface area contributed by atoms with Gasteiger partial charge in [0.2, 0.25) is 0 Å². The van der Waals surface area contributed by atoms with Gasteiger partial charge in [0.05, 0.1) is 0 Å². The van der Waals surface area contributed by atoms with Gasteiger partial charge in [-0.05, 0) is 38.7 Å². The molecule has 102 valence electrons. The second-order valence-electron chi connectivity index (χ2n) is 5.22. The van der Waals surface area contributed by atoms with E-state index in [4.69, 9.17) is 0 Å².